The molecule has 0 spiro atoms. The molecule has 2 aromatic rings. The van der Waals surface area contributed by atoms with Gasteiger partial charge in [-0.25, -0.2) is 18.1 Å². The predicted molar refractivity (Wildman–Crippen MR) is 79.5 cm³/mol. The van der Waals surface area contributed by atoms with Crippen LogP contribution in [0.4, 0.5) is 5.13 Å². The molecule has 0 radical (unpaired) electrons. The molecule has 1 fully saturated rings. The Bertz CT molecular complexity index is 656. The van der Waals surface area contributed by atoms with Gasteiger partial charge >= 0.3 is 0 Å². The molecule has 1 aromatic heterocycles. The van der Waals surface area contributed by atoms with Gasteiger partial charge in [-0.05, 0) is 18.6 Å². The fourth-order valence-electron chi connectivity index (χ4n) is 2.29. The van der Waals surface area contributed by atoms with Crippen molar-refractivity contribution in [3.05, 3.63) is 41.9 Å². The molecule has 0 aliphatic carbocycles. The van der Waals surface area contributed by atoms with Crippen molar-refractivity contribution in [3.63, 3.8) is 0 Å². The average Bonchev–Trinajstić information content (AvgIpc) is 3.10. The molecule has 0 bridgehead atoms. The molecule has 1 aromatic carbocycles. The zero-order chi connectivity index (χ0) is 14.0. The standard InChI is InChI=1S/C13H15N3O2S2/c17-20(18,12-4-2-1-3-5-12)15-11-6-8-16(10-11)13-14-7-9-19-13/h1-5,7,9,11,15H,6,8,10H2/t11-/m1/s1. The highest BCUT2D eigenvalue weighted by molar-refractivity contribution is 7.89. The summed E-state index contributed by atoms with van der Waals surface area (Å²) in [4.78, 5) is 6.68. The second-order valence-electron chi connectivity index (χ2n) is 4.68. The normalized spacial score (nSPS) is 19.4. The van der Waals surface area contributed by atoms with Gasteiger partial charge in [0.2, 0.25) is 10.0 Å². The largest absolute Gasteiger partial charge is 0.346 e. The van der Waals surface area contributed by atoms with Crippen molar-refractivity contribution in [1.82, 2.24) is 9.71 Å². The van der Waals surface area contributed by atoms with Crippen LogP contribution in [-0.2, 0) is 10.0 Å². The maximum Gasteiger partial charge on any atom is 0.240 e. The van der Waals surface area contributed by atoms with Gasteiger partial charge < -0.3 is 4.90 Å². The highest BCUT2D eigenvalue weighted by Crippen LogP contribution is 2.23. The number of nitrogens with zero attached hydrogens (tertiary/aromatic N) is 2. The van der Waals surface area contributed by atoms with Crippen molar-refractivity contribution in [2.75, 3.05) is 18.0 Å². The van der Waals surface area contributed by atoms with E-state index in [0.29, 0.717) is 11.4 Å². The van der Waals surface area contributed by atoms with Gasteiger partial charge in [-0.1, -0.05) is 18.2 Å². The van der Waals surface area contributed by atoms with Crippen LogP contribution in [0.25, 0.3) is 0 Å². The molecule has 0 saturated carbocycles. The van der Waals surface area contributed by atoms with Crippen molar-refractivity contribution in [1.29, 1.82) is 0 Å². The van der Waals surface area contributed by atoms with Crippen LogP contribution < -0.4 is 9.62 Å². The first-order chi connectivity index (χ1) is 9.65. The number of nitrogens with one attached hydrogen (secondary N) is 1. The van der Waals surface area contributed by atoms with Crippen LogP contribution in [0.1, 0.15) is 6.42 Å². The SMILES string of the molecule is O=S(=O)(N[C@@H]1CCN(c2nccs2)C1)c1ccccc1. The lowest BCUT2D eigenvalue weighted by atomic mass is 10.3. The van der Waals surface area contributed by atoms with Gasteiger partial charge in [0.15, 0.2) is 5.13 Å². The quantitative estimate of drug-likeness (QED) is 0.934. The number of anilines is 1. The Morgan fingerprint density at radius 1 is 1.30 bits per heavy atom. The minimum atomic E-state index is -3.43. The zero-order valence-electron chi connectivity index (χ0n) is 10.8. The molecule has 0 unspecified atom stereocenters. The molecule has 1 N–H and O–H groups in total. The fourth-order valence-corrected chi connectivity index (χ4v) is 4.25. The monoisotopic (exact) mass is 309 g/mol. The third-order valence-electron chi connectivity index (χ3n) is 3.25. The summed E-state index contributed by atoms with van der Waals surface area (Å²) < 4.78 is 27.2. The van der Waals surface area contributed by atoms with E-state index >= 15 is 0 Å². The van der Waals surface area contributed by atoms with E-state index in [1.165, 1.54) is 0 Å². The molecule has 1 saturated heterocycles. The summed E-state index contributed by atoms with van der Waals surface area (Å²) >= 11 is 1.57. The number of hydrogen-bond donors (Lipinski definition) is 1. The van der Waals surface area contributed by atoms with Crippen LogP contribution in [0.3, 0.4) is 0 Å². The molecule has 3 rings (SSSR count). The molecule has 106 valence electrons. The molecule has 0 amide bonds. The van der Waals surface area contributed by atoms with Gasteiger partial charge in [0, 0.05) is 30.7 Å². The summed E-state index contributed by atoms with van der Waals surface area (Å²) in [7, 11) is -3.43. The van der Waals surface area contributed by atoms with Crippen molar-refractivity contribution < 1.29 is 8.42 Å². The second kappa shape index (κ2) is 5.51. The molecule has 2 heterocycles. The van der Waals surface area contributed by atoms with E-state index in [4.69, 9.17) is 0 Å². The minimum Gasteiger partial charge on any atom is -0.346 e. The van der Waals surface area contributed by atoms with E-state index in [1.807, 2.05) is 5.38 Å². The highest BCUT2D eigenvalue weighted by Gasteiger charge is 2.28. The van der Waals surface area contributed by atoms with E-state index < -0.39 is 10.0 Å². The van der Waals surface area contributed by atoms with Gasteiger partial charge in [0.1, 0.15) is 0 Å². The molecule has 20 heavy (non-hydrogen) atoms. The van der Waals surface area contributed by atoms with Crippen LogP contribution in [0, 0.1) is 0 Å². The van der Waals surface area contributed by atoms with Crippen LogP contribution in [0.15, 0.2) is 46.8 Å². The van der Waals surface area contributed by atoms with Crippen LogP contribution >= 0.6 is 11.3 Å². The number of thiazole rings is 1. The second-order valence-corrected chi connectivity index (χ2v) is 7.27. The fraction of sp³-hybridized carbons (Fsp3) is 0.308. The maximum absolute atomic E-state index is 12.2. The van der Waals surface area contributed by atoms with Crippen molar-refractivity contribution >= 4 is 26.5 Å². The van der Waals surface area contributed by atoms with Crippen molar-refractivity contribution in [2.24, 2.45) is 0 Å². The lowest BCUT2D eigenvalue weighted by Gasteiger charge is -2.15. The summed E-state index contributed by atoms with van der Waals surface area (Å²) in [6.45, 7) is 1.50. The van der Waals surface area contributed by atoms with Gasteiger partial charge in [-0.3, -0.25) is 0 Å². The van der Waals surface area contributed by atoms with Gasteiger partial charge in [0.25, 0.3) is 0 Å². The highest BCUT2D eigenvalue weighted by atomic mass is 32.2. The smallest absolute Gasteiger partial charge is 0.240 e. The van der Waals surface area contributed by atoms with E-state index in [2.05, 4.69) is 14.6 Å². The predicted octanol–water partition coefficient (Wildman–Crippen LogP) is 1.70. The number of rotatable bonds is 4. The number of aromatic nitrogens is 1. The number of sulfonamides is 1. The Morgan fingerprint density at radius 2 is 2.10 bits per heavy atom. The molecule has 1 atom stereocenters. The molecule has 1 aliphatic heterocycles. The Balaban J connectivity index is 1.68. The van der Waals surface area contributed by atoms with E-state index in [0.717, 1.165) is 18.1 Å². The summed E-state index contributed by atoms with van der Waals surface area (Å²) in [6, 6.07) is 8.41. The Hall–Kier alpha value is -1.44. The summed E-state index contributed by atoms with van der Waals surface area (Å²) in [6.07, 6.45) is 2.56. The van der Waals surface area contributed by atoms with E-state index in [-0.39, 0.29) is 6.04 Å². The van der Waals surface area contributed by atoms with Crippen LogP contribution in [0.5, 0.6) is 0 Å². The third kappa shape index (κ3) is 2.84. The molecule has 1 aliphatic rings. The van der Waals surface area contributed by atoms with Gasteiger partial charge in [-0.2, -0.15) is 0 Å². The van der Waals surface area contributed by atoms with Crippen LogP contribution in [-0.4, -0.2) is 32.5 Å². The summed E-state index contributed by atoms with van der Waals surface area (Å²) in [5.74, 6) is 0. The minimum absolute atomic E-state index is 0.0656. The molecular formula is C13H15N3O2S2. The maximum atomic E-state index is 12.2. The van der Waals surface area contributed by atoms with Gasteiger partial charge in [-0.15, -0.1) is 11.3 Å². The third-order valence-corrected chi connectivity index (χ3v) is 5.62. The Labute approximate surface area is 122 Å². The Morgan fingerprint density at radius 3 is 2.80 bits per heavy atom. The molecule has 7 heteroatoms. The number of benzene rings is 1. The molecular weight excluding hydrogens is 294 g/mol. The van der Waals surface area contributed by atoms with E-state index in [1.54, 1.807) is 47.9 Å². The number of hydrogen-bond acceptors (Lipinski definition) is 5. The molecule has 5 nitrogen and oxygen atoms in total. The van der Waals surface area contributed by atoms with Crippen molar-refractivity contribution in [3.8, 4) is 0 Å². The van der Waals surface area contributed by atoms with Crippen LogP contribution in [0.2, 0.25) is 0 Å². The van der Waals surface area contributed by atoms with E-state index in [9.17, 15) is 8.42 Å². The van der Waals surface area contributed by atoms with Crippen molar-refractivity contribution in [2.45, 2.75) is 17.4 Å². The first-order valence-electron chi connectivity index (χ1n) is 6.37. The Kier molecular flexibility index (Phi) is 3.73. The lowest BCUT2D eigenvalue weighted by molar-refractivity contribution is 0.561. The topological polar surface area (TPSA) is 62.3 Å². The summed E-state index contributed by atoms with van der Waals surface area (Å²) in [5, 5.41) is 2.88. The average molecular weight is 309 g/mol. The summed E-state index contributed by atoms with van der Waals surface area (Å²) in [5.41, 5.74) is 0. The zero-order valence-corrected chi connectivity index (χ0v) is 12.4. The first kappa shape index (κ1) is 13.5. The van der Waals surface area contributed by atoms with Gasteiger partial charge in [0.05, 0.1) is 4.90 Å². The lowest BCUT2D eigenvalue weighted by Crippen LogP contribution is -2.37. The first-order valence-corrected chi connectivity index (χ1v) is 8.73.